The number of benzene rings is 1. The van der Waals surface area contributed by atoms with Crippen molar-refractivity contribution in [2.45, 2.75) is 13.5 Å². The molecule has 10 heteroatoms. The average Bonchev–Trinajstić information content (AvgIpc) is 2.91. The molecule has 0 atom stereocenters. The minimum Gasteiger partial charge on any atom is -0.309 e. The van der Waals surface area contributed by atoms with Gasteiger partial charge in [-0.15, -0.1) is 0 Å². The highest BCUT2D eigenvalue weighted by molar-refractivity contribution is 9.10. The number of anilines is 1. The molecule has 0 bridgehead atoms. The topological polar surface area (TPSA) is 112 Å². The van der Waals surface area contributed by atoms with Gasteiger partial charge in [0.1, 0.15) is 12.4 Å². The van der Waals surface area contributed by atoms with Crippen LogP contribution < -0.4 is 10.9 Å². The SMILES string of the molecule is Cc1nn(C)c(NC(=O)Cn2cc([N+](=O)[O-])ccc2=O)c1-c1ccc(Br)cc1. The molecule has 3 rings (SSSR count). The van der Waals surface area contributed by atoms with Crippen LogP contribution in [0.1, 0.15) is 5.69 Å². The summed E-state index contributed by atoms with van der Waals surface area (Å²) in [6.45, 7) is 1.47. The summed E-state index contributed by atoms with van der Waals surface area (Å²) in [6, 6.07) is 9.73. The first-order valence-corrected chi connectivity index (χ1v) is 9.00. The summed E-state index contributed by atoms with van der Waals surface area (Å²) >= 11 is 3.39. The van der Waals surface area contributed by atoms with Gasteiger partial charge in [0, 0.05) is 29.2 Å². The van der Waals surface area contributed by atoms with E-state index in [1.54, 1.807) is 11.7 Å². The van der Waals surface area contributed by atoms with E-state index in [1.807, 2.05) is 31.2 Å². The van der Waals surface area contributed by atoms with E-state index < -0.39 is 16.4 Å². The summed E-state index contributed by atoms with van der Waals surface area (Å²) in [5, 5.41) is 18.0. The number of amides is 1. The highest BCUT2D eigenvalue weighted by Crippen LogP contribution is 2.31. The van der Waals surface area contributed by atoms with E-state index in [0.29, 0.717) is 5.82 Å². The lowest BCUT2D eigenvalue weighted by atomic mass is 10.1. The number of rotatable bonds is 5. The van der Waals surface area contributed by atoms with Gasteiger partial charge < -0.3 is 5.32 Å². The monoisotopic (exact) mass is 445 g/mol. The molecule has 0 aliphatic carbocycles. The summed E-state index contributed by atoms with van der Waals surface area (Å²) in [7, 11) is 1.70. The Morgan fingerprint density at radius 1 is 1.25 bits per heavy atom. The highest BCUT2D eigenvalue weighted by atomic mass is 79.9. The van der Waals surface area contributed by atoms with Gasteiger partial charge >= 0.3 is 0 Å². The molecule has 0 radical (unpaired) electrons. The van der Waals surface area contributed by atoms with Crippen molar-refractivity contribution in [1.82, 2.24) is 14.3 Å². The Labute approximate surface area is 167 Å². The quantitative estimate of drug-likeness (QED) is 0.479. The molecular weight excluding hydrogens is 430 g/mol. The number of halogens is 1. The van der Waals surface area contributed by atoms with Gasteiger partial charge in [-0.05, 0) is 24.6 Å². The fourth-order valence-electron chi connectivity index (χ4n) is 2.84. The van der Waals surface area contributed by atoms with E-state index in [4.69, 9.17) is 0 Å². The third-order valence-electron chi connectivity index (χ3n) is 4.11. The Balaban J connectivity index is 1.89. The zero-order valence-corrected chi connectivity index (χ0v) is 16.6. The van der Waals surface area contributed by atoms with Gasteiger partial charge in [0.05, 0.1) is 16.8 Å². The molecule has 0 saturated heterocycles. The van der Waals surface area contributed by atoms with E-state index >= 15 is 0 Å². The Hall–Kier alpha value is -3.27. The van der Waals surface area contributed by atoms with Gasteiger partial charge in [-0.3, -0.25) is 29.0 Å². The zero-order chi connectivity index (χ0) is 20.4. The lowest BCUT2D eigenvalue weighted by Gasteiger charge is -2.10. The predicted molar refractivity (Wildman–Crippen MR) is 107 cm³/mol. The van der Waals surface area contributed by atoms with Crippen LogP contribution in [-0.2, 0) is 18.4 Å². The predicted octanol–water partition coefficient (Wildman–Crippen LogP) is 2.87. The summed E-state index contributed by atoms with van der Waals surface area (Å²) in [5.41, 5.74) is 1.59. The molecule has 1 aromatic carbocycles. The van der Waals surface area contributed by atoms with Gasteiger partial charge in [-0.25, -0.2) is 0 Å². The maximum Gasteiger partial charge on any atom is 0.285 e. The Kier molecular flexibility index (Phi) is 5.41. The lowest BCUT2D eigenvalue weighted by molar-refractivity contribution is -0.385. The van der Waals surface area contributed by atoms with Crippen LogP contribution in [0.15, 0.2) is 51.9 Å². The van der Waals surface area contributed by atoms with Crippen LogP contribution in [0.3, 0.4) is 0 Å². The molecule has 0 spiro atoms. The van der Waals surface area contributed by atoms with Crippen LogP contribution in [-0.4, -0.2) is 25.2 Å². The molecule has 1 N–H and O–H groups in total. The molecule has 3 aromatic rings. The summed E-state index contributed by atoms with van der Waals surface area (Å²) in [5.74, 6) is -0.0211. The molecule has 28 heavy (non-hydrogen) atoms. The van der Waals surface area contributed by atoms with E-state index in [1.165, 1.54) is 0 Å². The molecule has 0 unspecified atom stereocenters. The van der Waals surface area contributed by atoms with Crippen molar-refractivity contribution in [2.75, 3.05) is 5.32 Å². The maximum absolute atomic E-state index is 12.5. The second kappa shape index (κ2) is 7.77. The Bertz CT molecular complexity index is 1120. The number of carbonyl (C=O) groups excluding carboxylic acids is 1. The van der Waals surface area contributed by atoms with Crippen molar-refractivity contribution in [1.29, 1.82) is 0 Å². The average molecular weight is 446 g/mol. The van der Waals surface area contributed by atoms with E-state index in [0.717, 1.165) is 44.2 Å². The number of aryl methyl sites for hydroxylation is 2. The molecule has 144 valence electrons. The number of aromatic nitrogens is 3. The molecule has 0 fully saturated rings. The standard InChI is InChI=1S/C18H16BrN5O4/c1-11-17(12-3-5-13(19)6-4-12)18(22(2)21-11)20-15(25)10-23-9-14(24(27)28)7-8-16(23)26/h3-9H,10H2,1-2H3,(H,20,25). The second-order valence-corrected chi connectivity index (χ2v) is 7.01. The van der Waals surface area contributed by atoms with Crippen LogP contribution in [0.25, 0.3) is 11.1 Å². The molecule has 1 amide bonds. The largest absolute Gasteiger partial charge is 0.309 e. The van der Waals surface area contributed by atoms with Crippen LogP contribution >= 0.6 is 15.9 Å². The lowest BCUT2D eigenvalue weighted by Crippen LogP contribution is -2.27. The number of hydrogen-bond acceptors (Lipinski definition) is 5. The second-order valence-electron chi connectivity index (χ2n) is 6.10. The number of pyridine rings is 1. The number of nitro groups is 1. The fraction of sp³-hybridized carbons (Fsp3) is 0.167. The Morgan fingerprint density at radius 3 is 2.57 bits per heavy atom. The molecule has 2 heterocycles. The van der Waals surface area contributed by atoms with Crippen molar-refractivity contribution in [2.24, 2.45) is 7.05 Å². The minimum atomic E-state index is -0.621. The Morgan fingerprint density at radius 2 is 1.93 bits per heavy atom. The maximum atomic E-state index is 12.5. The fourth-order valence-corrected chi connectivity index (χ4v) is 3.10. The first kappa shape index (κ1) is 19.5. The summed E-state index contributed by atoms with van der Waals surface area (Å²) in [6.07, 6.45) is 1.05. The van der Waals surface area contributed by atoms with E-state index in [2.05, 4.69) is 26.3 Å². The number of carbonyl (C=O) groups is 1. The van der Waals surface area contributed by atoms with Crippen molar-refractivity contribution in [3.8, 4) is 11.1 Å². The summed E-state index contributed by atoms with van der Waals surface area (Å²) in [4.78, 5) is 34.7. The zero-order valence-electron chi connectivity index (χ0n) is 15.0. The first-order valence-electron chi connectivity index (χ1n) is 8.20. The molecule has 0 saturated carbocycles. The van der Waals surface area contributed by atoms with Gasteiger partial charge in [-0.1, -0.05) is 28.1 Å². The van der Waals surface area contributed by atoms with Gasteiger partial charge in [0.15, 0.2) is 0 Å². The van der Waals surface area contributed by atoms with Gasteiger partial charge in [-0.2, -0.15) is 5.10 Å². The van der Waals surface area contributed by atoms with Crippen molar-refractivity contribution in [3.05, 3.63) is 73.2 Å². The molecular formula is C18H16BrN5O4. The number of nitrogens with one attached hydrogen (secondary N) is 1. The third kappa shape index (κ3) is 4.01. The van der Waals surface area contributed by atoms with Gasteiger partial charge in [0.2, 0.25) is 5.91 Å². The van der Waals surface area contributed by atoms with Crippen molar-refractivity contribution in [3.63, 3.8) is 0 Å². The van der Waals surface area contributed by atoms with Crippen molar-refractivity contribution < 1.29 is 9.72 Å². The third-order valence-corrected chi connectivity index (χ3v) is 4.63. The molecule has 0 aliphatic heterocycles. The molecule has 0 aliphatic rings. The van der Waals surface area contributed by atoms with Crippen molar-refractivity contribution >= 4 is 33.3 Å². The number of hydrogen-bond donors (Lipinski definition) is 1. The van der Waals surface area contributed by atoms with Crippen LogP contribution in [0.5, 0.6) is 0 Å². The highest BCUT2D eigenvalue weighted by Gasteiger charge is 2.18. The van der Waals surface area contributed by atoms with Crippen LogP contribution in [0.4, 0.5) is 11.5 Å². The van der Waals surface area contributed by atoms with Gasteiger partial charge in [0.25, 0.3) is 11.2 Å². The van der Waals surface area contributed by atoms with Crippen LogP contribution in [0.2, 0.25) is 0 Å². The molecule has 2 aromatic heterocycles. The normalized spacial score (nSPS) is 10.7. The summed E-state index contributed by atoms with van der Waals surface area (Å²) < 4.78 is 3.46. The molecule has 9 nitrogen and oxygen atoms in total. The number of nitrogens with zero attached hydrogens (tertiary/aromatic N) is 4. The van der Waals surface area contributed by atoms with E-state index in [-0.39, 0.29) is 12.2 Å². The first-order chi connectivity index (χ1) is 13.3. The minimum absolute atomic E-state index is 0.265. The smallest absolute Gasteiger partial charge is 0.285 e. The van der Waals surface area contributed by atoms with E-state index in [9.17, 15) is 19.7 Å². The van der Waals surface area contributed by atoms with Crippen LogP contribution in [0, 0.1) is 17.0 Å².